The van der Waals surface area contributed by atoms with Crippen LogP contribution in [0, 0.1) is 17.8 Å². The van der Waals surface area contributed by atoms with Gasteiger partial charge in [0.1, 0.15) is 5.82 Å². The highest BCUT2D eigenvalue weighted by Gasteiger charge is 2.55. The number of halogens is 1. The van der Waals surface area contributed by atoms with Crippen LogP contribution in [0.1, 0.15) is 9.16 Å². The molecule has 1 aliphatic carbocycles. The van der Waals surface area contributed by atoms with E-state index in [1.807, 2.05) is 40.9 Å². The van der Waals surface area contributed by atoms with Gasteiger partial charge in [-0.2, -0.15) is 4.98 Å². The molecule has 0 radical (unpaired) electrons. The SMILES string of the molecule is [2H]C([2H])([18F])C[C@H]1[C@@H]2CN(c3ccn4c(n3)nc3ccccc34)C[C@@H]21. The van der Waals surface area contributed by atoms with E-state index in [0.29, 0.717) is 17.6 Å². The fraction of sp³-hybridized carbons (Fsp3) is 0.412. The van der Waals surface area contributed by atoms with Crippen molar-refractivity contribution in [1.29, 1.82) is 0 Å². The van der Waals surface area contributed by atoms with E-state index >= 15 is 0 Å². The number of piperidine rings is 1. The number of benzene rings is 1. The molecule has 5 rings (SSSR count). The molecule has 112 valence electrons. The molecule has 3 aromatic rings. The van der Waals surface area contributed by atoms with Crippen molar-refractivity contribution in [1.82, 2.24) is 14.4 Å². The first-order valence-corrected chi connectivity index (χ1v) is 7.67. The van der Waals surface area contributed by atoms with Gasteiger partial charge >= 0.3 is 0 Å². The molecule has 3 atom stereocenters. The molecular formula is C17H17FN4. The van der Waals surface area contributed by atoms with Crippen molar-refractivity contribution in [2.45, 2.75) is 6.42 Å². The van der Waals surface area contributed by atoms with Crippen molar-refractivity contribution in [3.05, 3.63) is 36.5 Å². The Morgan fingerprint density at radius 3 is 2.82 bits per heavy atom. The number of fused-ring (bicyclic) bond motifs is 4. The summed E-state index contributed by atoms with van der Waals surface area (Å²) in [5, 5.41) is 0. The maximum atomic E-state index is 13.2. The lowest BCUT2D eigenvalue weighted by Gasteiger charge is -2.20. The average Bonchev–Trinajstić information content (AvgIpc) is 2.93. The van der Waals surface area contributed by atoms with Gasteiger partial charge in [-0.1, -0.05) is 12.1 Å². The minimum atomic E-state index is -2.55. The highest BCUT2D eigenvalue weighted by molar-refractivity contribution is 5.79. The van der Waals surface area contributed by atoms with Crippen molar-refractivity contribution in [2.75, 3.05) is 24.6 Å². The molecule has 0 unspecified atom stereocenters. The first-order chi connectivity index (χ1) is 11.5. The van der Waals surface area contributed by atoms with Gasteiger partial charge in [-0.05, 0) is 42.4 Å². The summed E-state index contributed by atoms with van der Waals surface area (Å²) in [6.45, 7) is -0.892. The Morgan fingerprint density at radius 1 is 1.18 bits per heavy atom. The van der Waals surface area contributed by atoms with Gasteiger partial charge in [-0.3, -0.25) is 8.79 Å². The number of para-hydroxylation sites is 2. The zero-order valence-corrected chi connectivity index (χ0v) is 12.0. The number of anilines is 1. The predicted octanol–water partition coefficient (Wildman–Crippen LogP) is 2.92. The van der Waals surface area contributed by atoms with Gasteiger partial charge in [0.25, 0.3) is 0 Å². The van der Waals surface area contributed by atoms with E-state index in [9.17, 15) is 4.39 Å². The van der Waals surface area contributed by atoms with E-state index in [-0.39, 0.29) is 12.3 Å². The van der Waals surface area contributed by atoms with Gasteiger partial charge in [0.05, 0.1) is 20.4 Å². The van der Waals surface area contributed by atoms with Gasteiger partial charge in [0, 0.05) is 19.3 Å². The highest BCUT2D eigenvalue weighted by atomic mass is 18.2. The third-order valence-electron chi connectivity index (χ3n) is 5.17. The van der Waals surface area contributed by atoms with Gasteiger partial charge in [-0.15, -0.1) is 0 Å². The molecule has 0 bridgehead atoms. The summed E-state index contributed by atoms with van der Waals surface area (Å²) in [6.07, 6.45) is 2.02. The fourth-order valence-corrected chi connectivity index (χ4v) is 3.94. The summed E-state index contributed by atoms with van der Waals surface area (Å²) in [4.78, 5) is 11.5. The summed E-state index contributed by atoms with van der Waals surface area (Å²) in [7, 11) is 0. The molecule has 1 aromatic carbocycles. The van der Waals surface area contributed by atoms with E-state index in [0.717, 1.165) is 29.9 Å². The van der Waals surface area contributed by atoms with Crippen LogP contribution in [0.5, 0.6) is 0 Å². The monoisotopic (exact) mass is 297 g/mol. The summed E-state index contributed by atoms with van der Waals surface area (Å²) in [5.41, 5.74) is 1.97. The Bertz CT molecular complexity index is 923. The molecule has 1 aliphatic heterocycles. The van der Waals surface area contributed by atoms with E-state index in [1.54, 1.807) is 0 Å². The lowest BCUT2D eigenvalue weighted by Crippen LogP contribution is -2.25. The van der Waals surface area contributed by atoms with Crippen LogP contribution in [0.4, 0.5) is 10.2 Å². The second kappa shape index (κ2) is 4.41. The first-order valence-electron chi connectivity index (χ1n) is 8.67. The summed E-state index contributed by atoms with van der Waals surface area (Å²) < 4.78 is 29.4. The van der Waals surface area contributed by atoms with E-state index in [4.69, 9.17) is 2.74 Å². The molecule has 5 heteroatoms. The van der Waals surface area contributed by atoms with E-state index in [2.05, 4.69) is 14.9 Å². The number of hydrogen-bond acceptors (Lipinski definition) is 3. The van der Waals surface area contributed by atoms with Crippen molar-refractivity contribution >= 4 is 22.6 Å². The largest absolute Gasteiger partial charge is 0.356 e. The molecule has 2 aromatic heterocycles. The average molecular weight is 297 g/mol. The first kappa shape index (κ1) is 10.5. The van der Waals surface area contributed by atoms with Crippen LogP contribution in [0.2, 0.25) is 0 Å². The molecular weight excluding hydrogens is 278 g/mol. The third kappa shape index (κ3) is 1.68. The third-order valence-corrected chi connectivity index (χ3v) is 5.17. The Hall–Kier alpha value is -2.17. The normalized spacial score (nSPS) is 28.8. The zero-order valence-electron chi connectivity index (χ0n) is 14.0. The van der Waals surface area contributed by atoms with Gasteiger partial charge in [-0.25, -0.2) is 4.98 Å². The number of alkyl halides is 1. The summed E-state index contributed by atoms with van der Waals surface area (Å²) >= 11 is 0. The second-order valence-electron chi connectivity index (χ2n) is 6.29. The topological polar surface area (TPSA) is 33.4 Å². The molecule has 2 aliphatic rings. The van der Waals surface area contributed by atoms with E-state index < -0.39 is 6.63 Å². The maximum absolute atomic E-state index is 13.2. The van der Waals surface area contributed by atoms with Crippen molar-refractivity contribution in [3.63, 3.8) is 0 Å². The standard InChI is InChI=1S/C17H17FN4/c18-7-5-11-12-9-21(10-13(11)12)16-6-8-22-15-4-2-1-3-14(15)19-17(22)20-16/h1-4,6,8,11-13H,5,7,9-10H2/t11-,12-,13+/i7D2,18-1. The molecule has 0 amide bonds. The highest BCUT2D eigenvalue weighted by Crippen LogP contribution is 2.54. The van der Waals surface area contributed by atoms with Crippen molar-refractivity contribution in [2.24, 2.45) is 17.8 Å². The van der Waals surface area contributed by atoms with Gasteiger partial charge in [0.2, 0.25) is 5.78 Å². The maximum Gasteiger partial charge on any atom is 0.236 e. The predicted molar refractivity (Wildman–Crippen MR) is 83.8 cm³/mol. The van der Waals surface area contributed by atoms with Crippen LogP contribution < -0.4 is 4.90 Å². The van der Waals surface area contributed by atoms with Gasteiger partial charge in [0.15, 0.2) is 0 Å². The minimum absolute atomic E-state index is 0.0221. The number of nitrogens with zero attached hydrogens (tertiary/aromatic N) is 4. The molecule has 0 N–H and O–H groups in total. The van der Waals surface area contributed by atoms with Crippen LogP contribution in [-0.2, 0) is 0 Å². The molecule has 2 fully saturated rings. The zero-order chi connectivity index (χ0) is 16.5. The Labute approximate surface area is 130 Å². The molecule has 0 spiro atoms. The lowest BCUT2D eigenvalue weighted by atomic mass is 10.2. The minimum Gasteiger partial charge on any atom is -0.356 e. The van der Waals surface area contributed by atoms with Crippen molar-refractivity contribution in [3.8, 4) is 0 Å². The molecule has 3 heterocycles. The molecule has 22 heavy (non-hydrogen) atoms. The van der Waals surface area contributed by atoms with E-state index in [1.165, 1.54) is 0 Å². The van der Waals surface area contributed by atoms with Crippen LogP contribution in [0.3, 0.4) is 0 Å². The molecule has 4 nitrogen and oxygen atoms in total. The number of imidazole rings is 1. The number of aromatic nitrogens is 3. The Morgan fingerprint density at radius 2 is 2.00 bits per heavy atom. The summed E-state index contributed by atoms with van der Waals surface area (Å²) in [6, 6.07) is 9.95. The quantitative estimate of drug-likeness (QED) is 0.745. The second-order valence-corrected chi connectivity index (χ2v) is 6.29. The van der Waals surface area contributed by atoms with Crippen LogP contribution in [0.25, 0.3) is 16.8 Å². The summed E-state index contributed by atoms with van der Waals surface area (Å²) in [5.74, 6) is 2.55. The van der Waals surface area contributed by atoms with Crippen molar-refractivity contribution < 1.29 is 7.13 Å². The number of hydrogen-bond donors (Lipinski definition) is 0. The lowest BCUT2D eigenvalue weighted by molar-refractivity contribution is 0.431. The van der Waals surface area contributed by atoms with Crippen LogP contribution in [0.15, 0.2) is 36.5 Å². The molecule has 1 saturated heterocycles. The van der Waals surface area contributed by atoms with Crippen LogP contribution in [-0.4, -0.2) is 34.1 Å². The van der Waals surface area contributed by atoms with Crippen LogP contribution >= 0.6 is 0 Å². The fourth-order valence-electron chi connectivity index (χ4n) is 3.94. The molecule has 1 saturated carbocycles. The Kier molecular flexibility index (Phi) is 2.11. The Balaban J connectivity index is 1.38. The number of rotatable bonds is 3. The smallest absolute Gasteiger partial charge is 0.236 e. The van der Waals surface area contributed by atoms with Gasteiger partial charge < -0.3 is 4.90 Å².